The molecule has 0 bridgehead atoms. The van der Waals surface area contributed by atoms with Gasteiger partial charge in [-0.3, -0.25) is 4.79 Å². The zero-order valence-corrected chi connectivity index (χ0v) is 20.3. The van der Waals surface area contributed by atoms with Crippen molar-refractivity contribution in [2.45, 2.75) is 11.1 Å². The molecule has 3 aromatic carbocycles. The van der Waals surface area contributed by atoms with Crippen LogP contribution in [0.5, 0.6) is 5.75 Å². The molecule has 198 valence electrons. The maximum absolute atomic E-state index is 13.6. The van der Waals surface area contributed by atoms with Crippen LogP contribution >= 0.6 is 23.6 Å². The lowest BCUT2D eigenvalue weighted by atomic mass is 10.1. The van der Waals surface area contributed by atoms with Gasteiger partial charge in [0.05, 0.1) is 39.3 Å². The number of phenols is 1. The predicted octanol–water partition coefficient (Wildman–Crippen LogP) is 5.16. The van der Waals surface area contributed by atoms with Crippen molar-refractivity contribution in [3.05, 3.63) is 48.0 Å². The van der Waals surface area contributed by atoms with Crippen molar-refractivity contribution < 1.29 is 50.3 Å². The largest absolute Gasteiger partial charge is 0.507 e. The van der Waals surface area contributed by atoms with E-state index in [9.17, 15) is 23.1 Å². The molecule has 1 amide bonds. The summed E-state index contributed by atoms with van der Waals surface area (Å²) >= 11 is 5.88. The normalized spacial score (nSPS) is 11.3. The molecule has 0 unspecified atom stereocenters. The second-order valence-corrected chi connectivity index (χ2v) is 7.97. The monoisotopic (exact) mass is 582 g/mol. The Morgan fingerprint density at radius 1 is 1.16 bits per heavy atom. The SMILES string of the molecule is Nc1c(SOOO)cc2cccc(O)c2c1N=Nc1ccc(NC(=O)CCl)cc1C(F)(F)F.O=S(=O)=O. The van der Waals surface area contributed by atoms with Crippen molar-refractivity contribution in [3.8, 4) is 5.75 Å². The number of amides is 1. The van der Waals surface area contributed by atoms with Gasteiger partial charge in [-0.1, -0.05) is 17.2 Å². The Balaban J connectivity index is 0.00000112. The molecule has 18 heteroatoms. The number of aromatic hydroxyl groups is 1. The van der Waals surface area contributed by atoms with Crippen molar-refractivity contribution in [1.82, 2.24) is 0 Å². The number of benzene rings is 3. The molecule has 12 nitrogen and oxygen atoms in total. The van der Waals surface area contributed by atoms with Crippen LogP contribution in [0.25, 0.3) is 10.8 Å². The Kier molecular flexibility index (Phi) is 10.6. The summed E-state index contributed by atoms with van der Waals surface area (Å²) in [7, 11) is -3.11. The minimum Gasteiger partial charge on any atom is -0.507 e. The molecule has 37 heavy (non-hydrogen) atoms. The lowest BCUT2D eigenvalue weighted by Crippen LogP contribution is -2.13. The first-order valence-corrected chi connectivity index (χ1v) is 11.6. The van der Waals surface area contributed by atoms with Crippen molar-refractivity contribution in [3.63, 3.8) is 0 Å². The fourth-order valence-electron chi connectivity index (χ4n) is 2.86. The summed E-state index contributed by atoms with van der Waals surface area (Å²) in [6, 6.07) is 8.85. The third kappa shape index (κ3) is 8.27. The molecule has 0 fully saturated rings. The first kappa shape index (κ1) is 29.7. The summed E-state index contributed by atoms with van der Waals surface area (Å²) in [4.78, 5) is 11.6. The number of anilines is 2. The molecule has 0 aliphatic heterocycles. The van der Waals surface area contributed by atoms with Gasteiger partial charge in [-0.05, 0) is 35.7 Å². The fraction of sp³-hybridized carbons (Fsp3) is 0.105. The van der Waals surface area contributed by atoms with Crippen LogP contribution in [0.1, 0.15) is 5.56 Å². The second kappa shape index (κ2) is 13.2. The Labute approximate surface area is 216 Å². The summed E-state index contributed by atoms with van der Waals surface area (Å²) in [6.07, 6.45) is -4.82. The molecule has 0 saturated heterocycles. The molecule has 0 saturated carbocycles. The number of hydrogen-bond donors (Lipinski definition) is 4. The van der Waals surface area contributed by atoms with Gasteiger partial charge in [0.2, 0.25) is 5.91 Å². The average Bonchev–Trinajstić information content (AvgIpc) is 2.82. The highest BCUT2D eigenvalue weighted by Gasteiger charge is 2.34. The summed E-state index contributed by atoms with van der Waals surface area (Å²) in [5.74, 6) is -1.35. The van der Waals surface area contributed by atoms with Crippen LogP contribution < -0.4 is 11.1 Å². The molecule has 0 radical (unpaired) electrons. The average molecular weight is 583 g/mol. The maximum atomic E-state index is 13.6. The van der Waals surface area contributed by atoms with E-state index in [0.717, 1.165) is 6.07 Å². The van der Waals surface area contributed by atoms with E-state index in [1.54, 1.807) is 6.07 Å². The van der Waals surface area contributed by atoms with Crippen LogP contribution in [0.2, 0.25) is 0 Å². The van der Waals surface area contributed by atoms with Gasteiger partial charge in [0.25, 0.3) is 0 Å². The fourth-order valence-corrected chi connectivity index (χ4v) is 3.39. The van der Waals surface area contributed by atoms with Crippen molar-refractivity contribution in [1.29, 1.82) is 0 Å². The van der Waals surface area contributed by atoms with Crippen LogP contribution in [0, 0.1) is 0 Å². The molecule has 3 rings (SSSR count). The van der Waals surface area contributed by atoms with Gasteiger partial charge in [-0.25, -0.2) is 5.26 Å². The molecular formula is C19H14ClF3N4O8S2. The minimum absolute atomic E-state index is 0.102. The Morgan fingerprint density at radius 3 is 2.43 bits per heavy atom. The summed E-state index contributed by atoms with van der Waals surface area (Å²) in [6.45, 7) is 0. The molecule has 0 aliphatic carbocycles. The Bertz CT molecular complexity index is 1430. The number of hydrogen-bond acceptors (Lipinski definition) is 12. The number of halogens is 4. The molecule has 5 N–H and O–H groups in total. The van der Waals surface area contributed by atoms with Crippen LogP contribution in [-0.4, -0.2) is 34.8 Å². The van der Waals surface area contributed by atoms with Crippen molar-refractivity contribution in [2.24, 2.45) is 10.2 Å². The van der Waals surface area contributed by atoms with Gasteiger partial charge in [0, 0.05) is 5.69 Å². The zero-order valence-electron chi connectivity index (χ0n) is 17.9. The molecule has 0 aromatic heterocycles. The van der Waals surface area contributed by atoms with Gasteiger partial charge in [-0.15, -0.1) is 38.8 Å². The highest BCUT2D eigenvalue weighted by atomic mass is 35.5. The Morgan fingerprint density at radius 2 is 1.84 bits per heavy atom. The molecule has 0 heterocycles. The standard InChI is InChI=1S/C19H14ClF3N4O5S.O3S/c20-8-15(29)25-10-4-5-12(11(7-10)19(21,22)23)26-27-18-16-9(2-1-3-13(16)28)6-14(17(18)24)33-32-31-30;1-4(2)3/h1-7,28,30H,8,24H2,(H,25,29);. The molecule has 0 aliphatic rings. The van der Waals surface area contributed by atoms with E-state index in [1.165, 1.54) is 24.3 Å². The first-order chi connectivity index (χ1) is 17.4. The van der Waals surface area contributed by atoms with E-state index in [1.807, 2.05) is 0 Å². The third-order valence-electron chi connectivity index (χ3n) is 4.24. The van der Waals surface area contributed by atoms with E-state index < -0.39 is 39.8 Å². The lowest BCUT2D eigenvalue weighted by molar-refractivity contribution is -0.432. The minimum atomic E-state index is -4.82. The summed E-state index contributed by atoms with van der Waals surface area (Å²) in [5, 5.41) is 32.6. The van der Waals surface area contributed by atoms with Gasteiger partial charge < -0.3 is 16.2 Å². The molecule has 0 spiro atoms. The van der Waals surface area contributed by atoms with Crippen LogP contribution in [0.3, 0.4) is 0 Å². The number of nitrogens with two attached hydrogens (primary N) is 1. The Hall–Kier alpha value is -3.48. The number of azo groups is 1. The van der Waals surface area contributed by atoms with Crippen molar-refractivity contribution in [2.75, 3.05) is 16.9 Å². The van der Waals surface area contributed by atoms with Crippen molar-refractivity contribution >= 4 is 73.7 Å². The van der Waals surface area contributed by atoms with Crippen LogP contribution in [0.15, 0.2) is 57.6 Å². The number of rotatable bonds is 7. The zero-order chi connectivity index (χ0) is 27.8. The maximum Gasteiger partial charge on any atom is 0.425 e. The first-order valence-electron chi connectivity index (χ1n) is 9.33. The highest BCUT2D eigenvalue weighted by Crippen LogP contribution is 2.45. The number of phenolic OH excluding ortho intramolecular Hbond substituents is 1. The number of carbonyl (C=O) groups excluding carboxylic acids is 1. The van der Waals surface area contributed by atoms with Gasteiger partial charge in [0.15, 0.2) is 0 Å². The molecule has 0 atom stereocenters. The van der Waals surface area contributed by atoms with E-state index >= 15 is 0 Å². The smallest absolute Gasteiger partial charge is 0.425 e. The number of fused-ring (bicyclic) bond motifs is 1. The lowest BCUT2D eigenvalue weighted by Gasteiger charge is -2.13. The number of nitrogens with zero attached hydrogens (tertiary/aromatic N) is 2. The van der Waals surface area contributed by atoms with Crippen LogP contribution in [-0.2, 0) is 31.0 Å². The van der Waals surface area contributed by atoms with E-state index in [2.05, 4.69) is 24.9 Å². The van der Waals surface area contributed by atoms with E-state index in [-0.39, 0.29) is 33.1 Å². The van der Waals surface area contributed by atoms with Gasteiger partial charge >= 0.3 is 16.8 Å². The van der Waals surface area contributed by atoms with Gasteiger partial charge in [-0.2, -0.15) is 13.2 Å². The van der Waals surface area contributed by atoms with Gasteiger partial charge in [0.1, 0.15) is 17.3 Å². The summed E-state index contributed by atoms with van der Waals surface area (Å²) in [5.41, 5.74) is 3.95. The number of alkyl halides is 4. The second-order valence-electron chi connectivity index (χ2n) is 6.55. The van der Waals surface area contributed by atoms with E-state index in [4.69, 9.17) is 35.2 Å². The quantitative estimate of drug-likeness (QED) is 0.0722. The molecular weight excluding hydrogens is 569 g/mol. The third-order valence-corrected chi connectivity index (χ3v) is 5.13. The summed E-state index contributed by atoms with van der Waals surface area (Å²) < 4.78 is 70.5. The number of carbonyl (C=O) groups is 1. The molecule has 3 aromatic rings. The number of nitrogen functional groups attached to an aromatic ring is 1. The van der Waals surface area contributed by atoms with E-state index in [0.29, 0.717) is 23.5 Å². The predicted molar refractivity (Wildman–Crippen MR) is 125 cm³/mol. The number of nitrogens with one attached hydrogen (secondary N) is 1. The van der Waals surface area contributed by atoms with Crippen LogP contribution in [0.4, 0.5) is 35.9 Å². The topological polar surface area (TPSA) is 190 Å². The highest BCUT2D eigenvalue weighted by molar-refractivity contribution is 7.94.